The van der Waals surface area contributed by atoms with Gasteiger partial charge in [0.25, 0.3) is 0 Å². The number of benzene rings is 1. The fourth-order valence-corrected chi connectivity index (χ4v) is 3.10. The van der Waals surface area contributed by atoms with Gasteiger partial charge in [-0.05, 0) is 38.4 Å². The molecule has 0 aromatic heterocycles. The summed E-state index contributed by atoms with van der Waals surface area (Å²) in [6.45, 7) is 16.3. The number of hydrogen-bond acceptors (Lipinski definition) is 3. The third-order valence-corrected chi connectivity index (χ3v) is 4.59. The molecule has 1 fully saturated rings. The largest absolute Gasteiger partial charge is 0.352 e. The van der Waals surface area contributed by atoms with Crippen molar-refractivity contribution in [2.75, 3.05) is 39.8 Å². The second-order valence-corrected chi connectivity index (χ2v) is 7.78. The minimum Gasteiger partial charge on any atom is -0.352 e. The van der Waals surface area contributed by atoms with Gasteiger partial charge in [0.2, 0.25) is 0 Å². The highest BCUT2D eigenvalue weighted by Crippen LogP contribution is 2.13. The molecule has 0 spiro atoms. The summed E-state index contributed by atoms with van der Waals surface area (Å²) in [7, 11) is 1.82. The number of aliphatic imine (C=N–C) groups is 1. The molecule has 0 bridgehead atoms. The summed E-state index contributed by atoms with van der Waals surface area (Å²) >= 11 is 0. The molecule has 5 nitrogen and oxygen atoms in total. The lowest BCUT2D eigenvalue weighted by molar-refractivity contribution is 0.131. The van der Waals surface area contributed by atoms with Crippen LogP contribution in [0.5, 0.6) is 0 Å². The second-order valence-electron chi connectivity index (χ2n) is 7.78. The van der Waals surface area contributed by atoms with E-state index >= 15 is 0 Å². The summed E-state index contributed by atoms with van der Waals surface area (Å²) in [5, 5.41) is 6.86. The van der Waals surface area contributed by atoms with Crippen molar-refractivity contribution in [3.8, 4) is 0 Å². The molecule has 0 aliphatic carbocycles. The van der Waals surface area contributed by atoms with Crippen LogP contribution in [-0.2, 0) is 13.1 Å². The Morgan fingerprint density at radius 2 is 1.62 bits per heavy atom. The van der Waals surface area contributed by atoms with Crippen LogP contribution in [0.25, 0.3) is 0 Å². The van der Waals surface area contributed by atoms with Gasteiger partial charge in [0.05, 0.1) is 0 Å². The predicted molar refractivity (Wildman–Crippen MR) is 122 cm³/mol. The number of halogens is 1. The molecule has 0 radical (unpaired) electrons. The number of nitrogens with zero attached hydrogens (tertiary/aromatic N) is 3. The highest BCUT2D eigenvalue weighted by Gasteiger charge is 2.17. The van der Waals surface area contributed by atoms with Crippen molar-refractivity contribution in [2.45, 2.75) is 46.3 Å². The highest BCUT2D eigenvalue weighted by molar-refractivity contribution is 14.0. The van der Waals surface area contributed by atoms with Gasteiger partial charge in [-0.3, -0.25) is 9.89 Å². The van der Waals surface area contributed by atoms with Crippen molar-refractivity contribution >= 4 is 29.9 Å². The van der Waals surface area contributed by atoms with Crippen molar-refractivity contribution in [1.29, 1.82) is 0 Å². The Morgan fingerprint density at radius 3 is 2.15 bits per heavy atom. The van der Waals surface area contributed by atoms with Crippen LogP contribution in [0, 0.1) is 0 Å². The molecule has 1 aliphatic rings. The van der Waals surface area contributed by atoms with E-state index in [2.05, 4.69) is 77.4 Å². The Hall–Kier alpha value is -0.860. The summed E-state index contributed by atoms with van der Waals surface area (Å²) in [5.41, 5.74) is 2.75. The van der Waals surface area contributed by atoms with Crippen molar-refractivity contribution in [3.05, 3.63) is 35.4 Å². The van der Waals surface area contributed by atoms with Crippen LogP contribution >= 0.6 is 24.0 Å². The van der Waals surface area contributed by atoms with Crippen LogP contribution in [0.3, 0.4) is 0 Å². The van der Waals surface area contributed by atoms with Crippen molar-refractivity contribution in [3.63, 3.8) is 0 Å². The van der Waals surface area contributed by atoms with E-state index in [1.807, 2.05) is 7.05 Å². The van der Waals surface area contributed by atoms with E-state index in [1.54, 1.807) is 0 Å². The lowest BCUT2D eigenvalue weighted by Gasteiger charge is -2.34. The van der Waals surface area contributed by atoms with Crippen LogP contribution in [0.1, 0.15) is 38.8 Å². The molecule has 2 rings (SSSR count). The van der Waals surface area contributed by atoms with Gasteiger partial charge in [-0.15, -0.1) is 24.0 Å². The van der Waals surface area contributed by atoms with Gasteiger partial charge in [0.1, 0.15) is 0 Å². The number of hydrogen-bond donors (Lipinski definition) is 2. The number of piperazine rings is 1. The maximum Gasteiger partial charge on any atom is 0.191 e. The molecule has 26 heavy (non-hydrogen) atoms. The Morgan fingerprint density at radius 1 is 1.04 bits per heavy atom. The smallest absolute Gasteiger partial charge is 0.191 e. The monoisotopic (exact) mass is 473 g/mol. The van der Waals surface area contributed by atoms with Gasteiger partial charge in [-0.2, -0.15) is 0 Å². The van der Waals surface area contributed by atoms with E-state index in [0.717, 1.165) is 38.7 Å². The third kappa shape index (κ3) is 7.80. The number of guanidine groups is 1. The topological polar surface area (TPSA) is 42.9 Å². The number of nitrogens with one attached hydrogen (secondary N) is 2. The first-order valence-electron chi connectivity index (χ1n) is 9.41. The van der Waals surface area contributed by atoms with Crippen LogP contribution in [0.2, 0.25) is 0 Å². The summed E-state index contributed by atoms with van der Waals surface area (Å²) in [5.74, 6) is 0.846. The lowest BCUT2D eigenvalue weighted by Crippen LogP contribution is -2.47. The average molecular weight is 473 g/mol. The summed E-state index contributed by atoms with van der Waals surface area (Å²) in [6, 6.07) is 8.73. The molecule has 2 N–H and O–H groups in total. The van der Waals surface area contributed by atoms with Crippen molar-refractivity contribution in [1.82, 2.24) is 20.4 Å². The van der Waals surface area contributed by atoms with Gasteiger partial charge in [0, 0.05) is 51.9 Å². The molecule has 1 saturated heterocycles. The minimum atomic E-state index is 0. The van der Waals surface area contributed by atoms with Gasteiger partial charge >= 0.3 is 0 Å². The summed E-state index contributed by atoms with van der Waals surface area (Å²) < 4.78 is 0. The predicted octanol–water partition coefficient (Wildman–Crippen LogP) is 2.91. The maximum atomic E-state index is 4.33. The van der Waals surface area contributed by atoms with E-state index < -0.39 is 0 Å². The first-order chi connectivity index (χ1) is 11.9. The molecule has 0 saturated carbocycles. The van der Waals surface area contributed by atoms with Gasteiger partial charge in [0.15, 0.2) is 5.96 Å². The maximum absolute atomic E-state index is 4.33. The van der Waals surface area contributed by atoms with Crippen LogP contribution in [0.4, 0.5) is 0 Å². The van der Waals surface area contributed by atoms with Crippen LogP contribution < -0.4 is 10.6 Å². The zero-order valence-electron chi connectivity index (χ0n) is 17.0. The lowest BCUT2D eigenvalue weighted by atomic mass is 10.1. The molecule has 0 amide bonds. The molecular weight excluding hydrogens is 437 g/mol. The molecule has 1 aromatic rings. The molecule has 0 atom stereocenters. The van der Waals surface area contributed by atoms with Gasteiger partial charge in [-0.25, -0.2) is 0 Å². The molecule has 1 aliphatic heterocycles. The fraction of sp³-hybridized carbons (Fsp3) is 0.650. The molecule has 1 aromatic carbocycles. The molecular formula is C20H36IN5. The van der Waals surface area contributed by atoms with Crippen LogP contribution in [-0.4, -0.2) is 61.1 Å². The molecule has 1 heterocycles. The highest BCUT2D eigenvalue weighted by atomic mass is 127. The molecule has 148 valence electrons. The van der Waals surface area contributed by atoms with Gasteiger partial charge < -0.3 is 15.5 Å². The van der Waals surface area contributed by atoms with Gasteiger partial charge in [-0.1, -0.05) is 31.2 Å². The quantitative estimate of drug-likeness (QED) is 0.392. The van der Waals surface area contributed by atoms with E-state index in [1.165, 1.54) is 24.2 Å². The normalized spacial score (nSPS) is 16.9. The first-order valence-corrected chi connectivity index (χ1v) is 9.41. The first kappa shape index (κ1) is 23.2. The zero-order chi connectivity index (χ0) is 18.3. The standard InChI is InChI=1S/C20H35N5.HI/c1-6-24-11-13-25(14-12-24)16-18-10-8-7-9-17(18)15-22-19(21-5)23-20(2,3)4;/h7-10H,6,11-16H2,1-5H3,(H2,21,22,23);1H. The zero-order valence-corrected chi connectivity index (χ0v) is 19.3. The number of rotatable bonds is 5. The van der Waals surface area contributed by atoms with E-state index in [-0.39, 0.29) is 29.5 Å². The van der Waals surface area contributed by atoms with Crippen molar-refractivity contribution in [2.24, 2.45) is 4.99 Å². The Bertz CT molecular complexity index is 560. The minimum absolute atomic E-state index is 0. The van der Waals surface area contributed by atoms with E-state index in [0.29, 0.717) is 0 Å². The summed E-state index contributed by atoms with van der Waals surface area (Å²) in [4.78, 5) is 9.41. The molecule has 0 unspecified atom stereocenters. The second kappa shape index (κ2) is 11.1. The van der Waals surface area contributed by atoms with Crippen molar-refractivity contribution < 1.29 is 0 Å². The average Bonchev–Trinajstić information content (AvgIpc) is 2.59. The van der Waals surface area contributed by atoms with Crippen LogP contribution in [0.15, 0.2) is 29.3 Å². The Balaban J connectivity index is 0.00000338. The Kier molecular flexibility index (Phi) is 9.89. The molecule has 6 heteroatoms. The van der Waals surface area contributed by atoms with E-state index in [4.69, 9.17) is 0 Å². The Labute approximate surface area is 176 Å². The fourth-order valence-electron chi connectivity index (χ4n) is 3.10. The van der Waals surface area contributed by atoms with E-state index in [9.17, 15) is 0 Å². The number of likely N-dealkylation sites (N-methyl/N-ethyl adjacent to an activating group) is 1. The third-order valence-electron chi connectivity index (χ3n) is 4.59. The summed E-state index contributed by atoms with van der Waals surface area (Å²) in [6.07, 6.45) is 0. The SMILES string of the molecule is CCN1CCN(Cc2ccccc2CNC(=NC)NC(C)(C)C)CC1.I.